The Kier molecular flexibility index (Phi) is 5.41. The maximum Gasteiger partial charge on any atom is 0.305 e. The Balaban J connectivity index is 2.72. The molecule has 1 unspecified atom stereocenters. The third-order valence-corrected chi connectivity index (χ3v) is 2.66. The Morgan fingerprint density at radius 1 is 1.60 bits per heavy atom. The molecule has 1 atom stereocenters. The molecule has 1 rings (SSSR count). The van der Waals surface area contributed by atoms with Crippen LogP contribution in [0.1, 0.15) is 20.3 Å². The van der Waals surface area contributed by atoms with E-state index in [9.17, 15) is 14.5 Å². The van der Waals surface area contributed by atoms with E-state index in [1.165, 1.54) is 6.07 Å². The summed E-state index contributed by atoms with van der Waals surface area (Å²) in [5.74, 6) is -0.819. The Labute approximate surface area is 116 Å². The number of nitrogens with one attached hydrogen (secondary N) is 1. The van der Waals surface area contributed by atoms with E-state index in [1.807, 2.05) is 6.92 Å². The third-order valence-electron chi connectivity index (χ3n) is 2.66. The molecule has 0 aliphatic carbocycles. The molecule has 0 amide bonds. The van der Waals surface area contributed by atoms with Crippen molar-refractivity contribution in [1.82, 2.24) is 5.32 Å². The lowest BCUT2D eigenvalue weighted by molar-refractivity contribution is -0.387. The van der Waals surface area contributed by atoms with Crippen molar-refractivity contribution >= 4 is 5.69 Å². The van der Waals surface area contributed by atoms with Gasteiger partial charge in [0.2, 0.25) is 5.82 Å². The first kappa shape index (κ1) is 15.9. The minimum Gasteiger partial charge on any atom is -0.490 e. The monoisotopic (exact) mass is 281 g/mol. The Morgan fingerprint density at radius 2 is 2.30 bits per heavy atom. The molecule has 0 fully saturated rings. The SMILES string of the molecule is CCCNC(C)(C#N)COc1ccc([N+](=O)[O-])c(F)c1. The van der Waals surface area contributed by atoms with Crippen LogP contribution in [0.2, 0.25) is 0 Å². The summed E-state index contributed by atoms with van der Waals surface area (Å²) in [6.07, 6.45) is 0.865. The van der Waals surface area contributed by atoms with Gasteiger partial charge in [-0.25, -0.2) is 0 Å². The van der Waals surface area contributed by atoms with Crippen molar-refractivity contribution in [3.63, 3.8) is 0 Å². The zero-order chi connectivity index (χ0) is 15.2. The summed E-state index contributed by atoms with van der Waals surface area (Å²) in [5.41, 5.74) is -1.50. The summed E-state index contributed by atoms with van der Waals surface area (Å²) < 4.78 is 18.7. The van der Waals surface area contributed by atoms with E-state index in [1.54, 1.807) is 6.92 Å². The van der Waals surface area contributed by atoms with Crippen LogP contribution in [-0.4, -0.2) is 23.6 Å². The van der Waals surface area contributed by atoms with Gasteiger partial charge in [-0.15, -0.1) is 0 Å². The normalized spacial score (nSPS) is 13.3. The molecule has 0 radical (unpaired) electrons. The van der Waals surface area contributed by atoms with Gasteiger partial charge in [-0.3, -0.25) is 15.4 Å². The van der Waals surface area contributed by atoms with Crippen molar-refractivity contribution in [2.45, 2.75) is 25.8 Å². The number of nitro groups is 1. The molecule has 0 aromatic heterocycles. The average molecular weight is 281 g/mol. The maximum atomic E-state index is 13.4. The number of nitriles is 1. The average Bonchev–Trinajstić information content (AvgIpc) is 2.42. The largest absolute Gasteiger partial charge is 0.490 e. The van der Waals surface area contributed by atoms with Gasteiger partial charge in [-0.1, -0.05) is 6.92 Å². The minimum atomic E-state index is -0.965. The molecule has 0 heterocycles. The Hall–Kier alpha value is -2.20. The van der Waals surface area contributed by atoms with Crippen LogP contribution >= 0.6 is 0 Å². The van der Waals surface area contributed by atoms with Gasteiger partial charge in [0.1, 0.15) is 17.9 Å². The highest BCUT2D eigenvalue weighted by molar-refractivity contribution is 5.38. The van der Waals surface area contributed by atoms with E-state index in [-0.39, 0.29) is 12.4 Å². The molecule has 7 heteroatoms. The Bertz CT molecular complexity index is 530. The van der Waals surface area contributed by atoms with Gasteiger partial charge in [0.05, 0.1) is 11.0 Å². The number of rotatable bonds is 7. The van der Waals surface area contributed by atoms with Crippen LogP contribution < -0.4 is 10.1 Å². The molecule has 1 aromatic carbocycles. The van der Waals surface area contributed by atoms with Crippen molar-refractivity contribution in [2.75, 3.05) is 13.2 Å². The van der Waals surface area contributed by atoms with E-state index in [4.69, 9.17) is 10.00 Å². The lowest BCUT2D eigenvalue weighted by Crippen LogP contribution is -2.46. The van der Waals surface area contributed by atoms with Crippen LogP contribution in [0.25, 0.3) is 0 Å². The molecule has 0 aliphatic heterocycles. The van der Waals surface area contributed by atoms with Gasteiger partial charge < -0.3 is 4.74 Å². The summed E-state index contributed by atoms with van der Waals surface area (Å²) in [4.78, 5) is 9.68. The molecular formula is C13H16FN3O3. The van der Waals surface area contributed by atoms with Crippen molar-refractivity contribution in [3.05, 3.63) is 34.1 Å². The smallest absolute Gasteiger partial charge is 0.305 e. The number of hydrogen-bond donors (Lipinski definition) is 1. The first-order chi connectivity index (χ1) is 9.41. The van der Waals surface area contributed by atoms with Crippen LogP contribution in [0.15, 0.2) is 18.2 Å². The fourth-order valence-electron chi connectivity index (χ4n) is 1.48. The van der Waals surface area contributed by atoms with E-state index in [2.05, 4.69) is 11.4 Å². The molecular weight excluding hydrogens is 265 g/mol. The molecule has 1 aromatic rings. The quantitative estimate of drug-likeness (QED) is 0.612. The number of hydrogen-bond acceptors (Lipinski definition) is 5. The maximum absolute atomic E-state index is 13.4. The molecule has 0 saturated carbocycles. The fourth-order valence-corrected chi connectivity index (χ4v) is 1.48. The van der Waals surface area contributed by atoms with Crippen molar-refractivity contribution in [3.8, 4) is 11.8 Å². The Morgan fingerprint density at radius 3 is 2.80 bits per heavy atom. The molecule has 0 saturated heterocycles. The van der Waals surface area contributed by atoms with Crippen LogP contribution in [0, 0.1) is 27.3 Å². The van der Waals surface area contributed by atoms with Crippen LogP contribution in [-0.2, 0) is 0 Å². The van der Waals surface area contributed by atoms with Crippen LogP contribution in [0.4, 0.5) is 10.1 Å². The molecule has 0 spiro atoms. The highest BCUT2D eigenvalue weighted by Gasteiger charge is 2.24. The number of benzene rings is 1. The highest BCUT2D eigenvalue weighted by atomic mass is 19.1. The molecule has 1 N–H and O–H groups in total. The summed E-state index contributed by atoms with van der Waals surface area (Å²) in [6, 6.07) is 5.37. The summed E-state index contributed by atoms with van der Waals surface area (Å²) in [7, 11) is 0. The molecule has 20 heavy (non-hydrogen) atoms. The summed E-state index contributed by atoms with van der Waals surface area (Å²) >= 11 is 0. The predicted molar refractivity (Wildman–Crippen MR) is 70.9 cm³/mol. The lowest BCUT2D eigenvalue weighted by atomic mass is 10.1. The van der Waals surface area contributed by atoms with Crippen LogP contribution in [0.5, 0.6) is 5.75 Å². The zero-order valence-electron chi connectivity index (χ0n) is 11.4. The highest BCUT2D eigenvalue weighted by Crippen LogP contribution is 2.22. The van der Waals surface area contributed by atoms with E-state index in [0.717, 1.165) is 18.6 Å². The second-order valence-electron chi connectivity index (χ2n) is 4.53. The number of ether oxygens (including phenoxy) is 1. The molecule has 0 aliphatic rings. The number of nitro benzene ring substituents is 1. The van der Waals surface area contributed by atoms with Gasteiger partial charge in [0.25, 0.3) is 0 Å². The third kappa shape index (κ3) is 4.17. The number of nitrogens with zero attached hydrogens (tertiary/aromatic N) is 2. The summed E-state index contributed by atoms with van der Waals surface area (Å²) in [6.45, 7) is 4.31. The van der Waals surface area contributed by atoms with E-state index < -0.39 is 22.0 Å². The minimum absolute atomic E-state index is 0.0146. The first-order valence-corrected chi connectivity index (χ1v) is 6.15. The van der Waals surface area contributed by atoms with Gasteiger partial charge >= 0.3 is 5.69 Å². The van der Waals surface area contributed by atoms with Crippen LogP contribution in [0.3, 0.4) is 0 Å². The van der Waals surface area contributed by atoms with Gasteiger partial charge in [0, 0.05) is 12.1 Å². The predicted octanol–water partition coefficient (Wildman–Crippen LogP) is 2.39. The second-order valence-corrected chi connectivity index (χ2v) is 4.53. The van der Waals surface area contributed by atoms with Crippen molar-refractivity contribution in [2.24, 2.45) is 0 Å². The van der Waals surface area contributed by atoms with Gasteiger partial charge in [-0.2, -0.15) is 9.65 Å². The molecule has 0 bridgehead atoms. The molecule has 108 valence electrons. The topological polar surface area (TPSA) is 88.2 Å². The van der Waals surface area contributed by atoms with Gasteiger partial charge in [-0.05, 0) is 26.0 Å². The number of halogens is 1. The van der Waals surface area contributed by atoms with Gasteiger partial charge in [0.15, 0.2) is 0 Å². The van der Waals surface area contributed by atoms with E-state index >= 15 is 0 Å². The lowest BCUT2D eigenvalue weighted by Gasteiger charge is -2.23. The second kappa shape index (κ2) is 6.82. The van der Waals surface area contributed by atoms with Crippen molar-refractivity contribution < 1.29 is 14.1 Å². The molecule has 6 nitrogen and oxygen atoms in total. The van der Waals surface area contributed by atoms with Crippen molar-refractivity contribution in [1.29, 1.82) is 5.26 Å². The first-order valence-electron chi connectivity index (χ1n) is 6.15. The van der Waals surface area contributed by atoms with E-state index in [0.29, 0.717) is 6.54 Å². The summed E-state index contributed by atoms with van der Waals surface area (Å²) in [5, 5.41) is 22.6. The fraction of sp³-hybridized carbons (Fsp3) is 0.462. The zero-order valence-corrected chi connectivity index (χ0v) is 11.4. The standard InChI is InChI=1S/C13H16FN3O3/c1-3-6-16-13(2,8-15)9-20-10-4-5-12(17(18)19)11(14)7-10/h4-5,7,16H,3,6,9H2,1-2H3.